The number of alkyl halides is 1. The quantitative estimate of drug-likeness (QED) is 0.532. The fourth-order valence-electron chi connectivity index (χ4n) is 3.66. The Hall–Kier alpha value is -1.39. The number of carbonyl (C=O) groups excluding carboxylic acids is 1. The minimum absolute atomic E-state index is 0. The van der Waals surface area contributed by atoms with Gasteiger partial charge < -0.3 is 10.6 Å². The fourth-order valence-corrected chi connectivity index (χ4v) is 6.96. The van der Waals surface area contributed by atoms with E-state index < -0.39 is 55.1 Å². The molecule has 1 fully saturated rings. The van der Waals surface area contributed by atoms with Crippen LogP contribution in [0.25, 0.3) is 5.57 Å². The molecule has 8 nitrogen and oxygen atoms in total. The van der Waals surface area contributed by atoms with Gasteiger partial charge in [0, 0.05) is 22.4 Å². The molecule has 3 rings (SSSR count). The average Bonchev–Trinajstić information content (AvgIpc) is 3.16. The zero-order chi connectivity index (χ0) is 23.4. The van der Waals surface area contributed by atoms with Crippen molar-refractivity contribution in [1.29, 1.82) is 5.26 Å². The number of halogens is 3. The zero-order valence-electron chi connectivity index (χ0n) is 17.2. The van der Waals surface area contributed by atoms with Gasteiger partial charge in [0.2, 0.25) is 5.91 Å². The highest BCUT2D eigenvalue weighted by molar-refractivity contribution is 8.27. The van der Waals surface area contributed by atoms with E-state index in [1.54, 1.807) is 0 Å². The van der Waals surface area contributed by atoms with E-state index >= 15 is 0 Å². The number of nitriles is 1. The summed E-state index contributed by atoms with van der Waals surface area (Å²) >= 11 is 5.99. The summed E-state index contributed by atoms with van der Waals surface area (Å²) in [5, 5.41) is 10.6. The number of hydrogen-bond donors (Lipinski definition) is 3. The molecule has 0 aromatic heterocycles. The van der Waals surface area contributed by atoms with E-state index in [4.69, 9.17) is 22.6 Å². The summed E-state index contributed by atoms with van der Waals surface area (Å²) in [6, 6.07) is 3.62. The summed E-state index contributed by atoms with van der Waals surface area (Å²) in [7, 11) is -7.46. The lowest BCUT2D eigenvalue weighted by atomic mass is 10.0. The number of benzene rings is 1. The summed E-state index contributed by atoms with van der Waals surface area (Å²) in [4.78, 5) is 14.0. The maximum absolute atomic E-state index is 13.7. The summed E-state index contributed by atoms with van der Waals surface area (Å²) < 4.78 is 59.1. The molecule has 1 aromatic carbocycles. The lowest BCUT2D eigenvalue weighted by molar-refractivity contribution is -0.133. The van der Waals surface area contributed by atoms with Crippen LogP contribution in [0, 0.1) is 11.3 Å². The molecule has 0 saturated carbocycles. The third-order valence-corrected chi connectivity index (χ3v) is 10.2. The minimum atomic E-state index is -4.13. The van der Waals surface area contributed by atoms with Gasteiger partial charge in [0.15, 0.2) is 9.84 Å². The molecule has 0 aliphatic carbocycles. The van der Waals surface area contributed by atoms with Gasteiger partial charge >= 0.3 is 0 Å². The normalized spacial score (nSPS) is 24.1. The first-order valence-corrected chi connectivity index (χ1v) is 13.0. The summed E-state index contributed by atoms with van der Waals surface area (Å²) in [6.45, 7) is 2.24. The fraction of sp³-hybridized carbons (Fsp3) is 0.474. The second-order valence-electron chi connectivity index (χ2n) is 8.19. The third kappa shape index (κ3) is 4.63. The molecule has 0 unspecified atom stereocenters. The van der Waals surface area contributed by atoms with Gasteiger partial charge in [-0.1, -0.05) is 11.6 Å². The van der Waals surface area contributed by atoms with Gasteiger partial charge in [-0.25, -0.2) is 12.8 Å². The Bertz CT molecular complexity index is 1100. The van der Waals surface area contributed by atoms with Gasteiger partial charge in [0.25, 0.3) is 0 Å². The first kappa shape index (κ1) is 26.9. The lowest BCUT2D eigenvalue weighted by Crippen LogP contribution is -2.59. The highest BCUT2D eigenvalue weighted by Gasteiger charge is 2.48. The van der Waals surface area contributed by atoms with E-state index in [-0.39, 0.29) is 35.8 Å². The number of nitrogens with zero attached hydrogens (tertiary/aromatic N) is 2. The van der Waals surface area contributed by atoms with Gasteiger partial charge in [0.05, 0.1) is 28.0 Å². The molecule has 32 heavy (non-hydrogen) atoms. The molecule has 178 valence electrons. The number of hydrogen-bond acceptors (Lipinski definition) is 7. The summed E-state index contributed by atoms with van der Waals surface area (Å²) in [6.07, 6.45) is -1.53. The molecule has 0 spiro atoms. The molecule has 1 saturated heterocycles. The topological polar surface area (TPSA) is 145 Å². The first-order valence-electron chi connectivity index (χ1n) is 9.32. The summed E-state index contributed by atoms with van der Waals surface area (Å²) in [5.41, 5.74) is 6.48. The maximum Gasteiger partial charge on any atom is 0.242 e. The standard InChI is InChI=1S/C19H23ClFN3O5S2.ClH/c1-19(2,17(23)18(25)24-8-13(21)6-14(24)7-22)31(28,29)10-11-9-30(26,27)16-4-3-12(20)5-15(11)16;/h3-5,9,13-14,17,26-27H,6,8,10,23H2,1-2H3;1H/t13-,14-,17+;/m0./s1. The van der Waals surface area contributed by atoms with Crippen molar-refractivity contribution in [3.8, 4) is 6.07 Å². The van der Waals surface area contributed by atoms with Crippen molar-refractivity contribution >= 4 is 55.9 Å². The zero-order valence-corrected chi connectivity index (χ0v) is 20.4. The van der Waals surface area contributed by atoms with Crippen LogP contribution >= 0.6 is 34.6 Å². The van der Waals surface area contributed by atoms with Gasteiger partial charge in [-0.2, -0.15) is 5.26 Å². The lowest BCUT2D eigenvalue weighted by Gasteiger charge is -2.33. The monoisotopic (exact) mass is 527 g/mol. The van der Waals surface area contributed by atoms with E-state index in [1.165, 1.54) is 32.0 Å². The molecular weight excluding hydrogens is 504 g/mol. The molecule has 2 heterocycles. The number of nitrogens with two attached hydrogens (primary N) is 1. The van der Waals surface area contributed by atoms with Gasteiger partial charge in [-0.3, -0.25) is 13.9 Å². The second-order valence-corrected chi connectivity index (χ2v) is 13.1. The van der Waals surface area contributed by atoms with E-state index in [2.05, 4.69) is 0 Å². The number of fused-ring (bicyclic) bond motifs is 1. The van der Waals surface area contributed by atoms with Crippen LogP contribution in [0.4, 0.5) is 4.39 Å². The SMILES string of the molecule is CC(C)([C@H](N)C(=O)N1C[C@@H](F)C[C@H]1C#N)S(=O)(=O)CC1=CS(O)(O)c2ccc(Cl)cc21.Cl. The van der Waals surface area contributed by atoms with Crippen molar-refractivity contribution in [3.63, 3.8) is 0 Å². The molecular formula is C19H24Cl2FN3O5S2. The Morgan fingerprint density at radius 3 is 2.69 bits per heavy atom. The Kier molecular flexibility index (Phi) is 7.64. The Labute approximate surface area is 198 Å². The molecule has 0 radical (unpaired) electrons. The third-order valence-electron chi connectivity index (χ3n) is 5.76. The molecule has 1 aromatic rings. The smallest absolute Gasteiger partial charge is 0.242 e. The van der Waals surface area contributed by atoms with Crippen LogP contribution in [0.5, 0.6) is 0 Å². The van der Waals surface area contributed by atoms with E-state index in [0.717, 1.165) is 10.3 Å². The van der Waals surface area contributed by atoms with Crippen LogP contribution in [0.1, 0.15) is 25.8 Å². The van der Waals surface area contributed by atoms with E-state index in [9.17, 15) is 26.7 Å². The van der Waals surface area contributed by atoms with Crippen LogP contribution in [0.15, 0.2) is 28.5 Å². The van der Waals surface area contributed by atoms with Gasteiger partial charge in [-0.05, 0) is 37.6 Å². The Morgan fingerprint density at radius 2 is 2.09 bits per heavy atom. The van der Waals surface area contributed by atoms with Crippen LogP contribution in [0.3, 0.4) is 0 Å². The Balaban J connectivity index is 0.00000363. The molecule has 0 bridgehead atoms. The van der Waals surface area contributed by atoms with E-state index in [0.29, 0.717) is 10.6 Å². The molecule has 3 atom stereocenters. The van der Waals surface area contributed by atoms with E-state index in [1.807, 2.05) is 6.07 Å². The maximum atomic E-state index is 13.7. The molecule has 2 aliphatic heterocycles. The van der Waals surface area contributed by atoms with Crippen molar-refractivity contribution in [3.05, 3.63) is 34.2 Å². The number of likely N-dealkylation sites (tertiary alicyclic amines) is 1. The van der Waals surface area contributed by atoms with Crippen LogP contribution < -0.4 is 5.73 Å². The van der Waals surface area contributed by atoms with Crippen molar-refractivity contribution in [2.45, 2.75) is 48.2 Å². The number of sulfone groups is 1. The first-order chi connectivity index (χ1) is 14.2. The highest BCUT2D eigenvalue weighted by Crippen LogP contribution is 2.59. The van der Waals surface area contributed by atoms with Crippen molar-refractivity contribution < 1.29 is 26.7 Å². The number of amides is 1. The molecule has 1 amide bonds. The minimum Gasteiger partial charge on any atom is -0.322 e. The largest absolute Gasteiger partial charge is 0.322 e. The molecule has 13 heteroatoms. The molecule has 4 N–H and O–H groups in total. The predicted octanol–water partition coefficient (Wildman–Crippen LogP) is 3.21. The van der Waals surface area contributed by atoms with Gasteiger partial charge in [-0.15, -0.1) is 23.0 Å². The van der Waals surface area contributed by atoms with Gasteiger partial charge in [0.1, 0.15) is 18.3 Å². The van der Waals surface area contributed by atoms with Crippen molar-refractivity contribution in [2.75, 3.05) is 12.3 Å². The average molecular weight is 528 g/mol. The number of carbonyl (C=O) groups is 1. The summed E-state index contributed by atoms with van der Waals surface area (Å²) in [5.74, 6) is -1.44. The molecule has 2 aliphatic rings. The number of rotatable bonds is 5. The highest BCUT2D eigenvalue weighted by atomic mass is 35.5. The Morgan fingerprint density at radius 1 is 1.47 bits per heavy atom. The van der Waals surface area contributed by atoms with Crippen LogP contribution in [-0.4, -0.2) is 63.6 Å². The van der Waals surface area contributed by atoms with Crippen molar-refractivity contribution in [1.82, 2.24) is 4.90 Å². The second kappa shape index (κ2) is 9.10. The van der Waals surface area contributed by atoms with Crippen molar-refractivity contribution in [2.24, 2.45) is 5.73 Å². The van der Waals surface area contributed by atoms with Crippen LogP contribution in [-0.2, 0) is 14.6 Å². The predicted molar refractivity (Wildman–Crippen MR) is 124 cm³/mol. The van der Waals surface area contributed by atoms with Crippen LogP contribution in [0.2, 0.25) is 5.02 Å².